The van der Waals surface area contributed by atoms with Gasteiger partial charge in [0, 0.05) is 19.2 Å². The summed E-state index contributed by atoms with van der Waals surface area (Å²) in [6.45, 7) is 4.27. The molecular formula is C14H21NO2. The van der Waals surface area contributed by atoms with Gasteiger partial charge in [-0.1, -0.05) is 0 Å². The maximum atomic E-state index is 5.48. The van der Waals surface area contributed by atoms with Crippen molar-refractivity contribution in [3.8, 4) is 11.5 Å². The third-order valence-corrected chi connectivity index (χ3v) is 3.39. The van der Waals surface area contributed by atoms with Gasteiger partial charge in [-0.05, 0) is 37.8 Å². The minimum absolute atomic E-state index is 0.936. The topological polar surface area (TPSA) is 21.7 Å². The van der Waals surface area contributed by atoms with Crippen molar-refractivity contribution in [2.45, 2.75) is 26.2 Å². The number of methoxy groups -OCH3 is 2. The van der Waals surface area contributed by atoms with Crippen LogP contribution in [0.2, 0.25) is 0 Å². The number of nitrogens with zero attached hydrogens (tertiary/aromatic N) is 1. The maximum Gasteiger partial charge on any atom is 0.142 e. The van der Waals surface area contributed by atoms with Crippen LogP contribution in [-0.2, 0) is 0 Å². The van der Waals surface area contributed by atoms with Gasteiger partial charge >= 0.3 is 0 Å². The Bertz CT molecular complexity index is 384. The number of benzene rings is 1. The number of aryl methyl sites for hydroxylation is 1. The van der Waals surface area contributed by atoms with Crippen molar-refractivity contribution in [1.29, 1.82) is 0 Å². The van der Waals surface area contributed by atoms with E-state index >= 15 is 0 Å². The van der Waals surface area contributed by atoms with Gasteiger partial charge in [0.2, 0.25) is 0 Å². The first-order valence-electron chi connectivity index (χ1n) is 6.24. The molecule has 2 rings (SSSR count). The van der Waals surface area contributed by atoms with E-state index in [0.717, 1.165) is 35.8 Å². The zero-order valence-electron chi connectivity index (χ0n) is 11.0. The van der Waals surface area contributed by atoms with Crippen LogP contribution in [0.1, 0.15) is 24.8 Å². The second-order valence-electron chi connectivity index (χ2n) is 4.54. The highest BCUT2D eigenvalue weighted by atomic mass is 16.5. The van der Waals surface area contributed by atoms with Crippen LogP contribution in [0.15, 0.2) is 12.1 Å². The fraction of sp³-hybridized carbons (Fsp3) is 0.571. The van der Waals surface area contributed by atoms with E-state index < -0.39 is 0 Å². The first-order chi connectivity index (χ1) is 8.26. The van der Waals surface area contributed by atoms with Crippen molar-refractivity contribution in [1.82, 2.24) is 0 Å². The van der Waals surface area contributed by atoms with E-state index in [2.05, 4.69) is 17.0 Å². The number of ether oxygens (including phenoxy) is 2. The molecule has 0 aliphatic carbocycles. The van der Waals surface area contributed by atoms with E-state index in [1.165, 1.54) is 19.3 Å². The minimum Gasteiger partial charge on any atom is -0.496 e. The van der Waals surface area contributed by atoms with E-state index in [4.69, 9.17) is 9.47 Å². The summed E-state index contributed by atoms with van der Waals surface area (Å²) in [5, 5.41) is 0. The molecule has 1 heterocycles. The lowest BCUT2D eigenvalue weighted by Gasteiger charge is -2.30. The van der Waals surface area contributed by atoms with E-state index in [9.17, 15) is 0 Å². The maximum absolute atomic E-state index is 5.48. The van der Waals surface area contributed by atoms with Crippen molar-refractivity contribution in [2.24, 2.45) is 0 Å². The standard InChI is InChI=1S/C14H21NO2/c1-11-9-14(17-3)12(10-13(11)16-2)15-7-5-4-6-8-15/h9-10H,4-8H2,1-3H3. The van der Waals surface area contributed by atoms with Crippen molar-refractivity contribution in [3.63, 3.8) is 0 Å². The Morgan fingerprint density at radius 2 is 1.59 bits per heavy atom. The van der Waals surface area contributed by atoms with Crippen LogP contribution in [0, 0.1) is 6.92 Å². The minimum atomic E-state index is 0.936. The summed E-state index contributed by atoms with van der Waals surface area (Å²) in [5.41, 5.74) is 2.28. The molecule has 0 unspecified atom stereocenters. The number of hydrogen-bond donors (Lipinski definition) is 0. The van der Waals surface area contributed by atoms with Gasteiger partial charge in [-0.2, -0.15) is 0 Å². The predicted molar refractivity (Wildman–Crippen MR) is 70.3 cm³/mol. The molecule has 17 heavy (non-hydrogen) atoms. The van der Waals surface area contributed by atoms with Crippen LogP contribution < -0.4 is 14.4 Å². The van der Waals surface area contributed by atoms with Crippen LogP contribution in [0.25, 0.3) is 0 Å². The molecule has 0 atom stereocenters. The van der Waals surface area contributed by atoms with Gasteiger partial charge in [0.1, 0.15) is 11.5 Å². The summed E-state index contributed by atoms with van der Waals surface area (Å²) in [7, 11) is 3.45. The first-order valence-corrected chi connectivity index (χ1v) is 6.24. The zero-order chi connectivity index (χ0) is 12.3. The number of anilines is 1. The molecule has 1 aliphatic rings. The molecule has 1 saturated heterocycles. The summed E-state index contributed by atoms with van der Waals surface area (Å²) in [4.78, 5) is 2.39. The van der Waals surface area contributed by atoms with Crippen molar-refractivity contribution in [2.75, 3.05) is 32.2 Å². The average Bonchev–Trinajstić information content (AvgIpc) is 2.39. The molecule has 0 amide bonds. The van der Waals surface area contributed by atoms with Crippen LogP contribution >= 0.6 is 0 Å². The fourth-order valence-electron chi connectivity index (χ4n) is 2.42. The molecular weight excluding hydrogens is 214 g/mol. The van der Waals surface area contributed by atoms with Gasteiger partial charge in [-0.3, -0.25) is 0 Å². The SMILES string of the molecule is COc1cc(N2CCCCC2)c(OC)cc1C. The highest BCUT2D eigenvalue weighted by Crippen LogP contribution is 2.36. The molecule has 3 heteroatoms. The molecule has 1 aromatic carbocycles. The van der Waals surface area contributed by atoms with E-state index in [1.54, 1.807) is 14.2 Å². The Morgan fingerprint density at radius 3 is 2.18 bits per heavy atom. The summed E-state index contributed by atoms with van der Waals surface area (Å²) in [6, 6.07) is 4.16. The Labute approximate surface area is 103 Å². The predicted octanol–water partition coefficient (Wildman–Crippen LogP) is 3.00. The third kappa shape index (κ3) is 2.48. The molecule has 0 saturated carbocycles. The van der Waals surface area contributed by atoms with Gasteiger partial charge in [0.25, 0.3) is 0 Å². The Morgan fingerprint density at radius 1 is 0.941 bits per heavy atom. The molecule has 1 fully saturated rings. The molecule has 94 valence electrons. The van der Waals surface area contributed by atoms with Gasteiger partial charge in [0.05, 0.1) is 19.9 Å². The lowest BCUT2D eigenvalue weighted by molar-refractivity contribution is 0.399. The normalized spacial score (nSPS) is 15.8. The second-order valence-corrected chi connectivity index (χ2v) is 4.54. The molecule has 0 aromatic heterocycles. The van der Waals surface area contributed by atoms with Crippen molar-refractivity contribution in [3.05, 3.63) is 17.7 Å². The fourth-order valence-corrected chi connectivity index (χ4v) is 2.42. The molecule has 1 aliphatic heterocycles. The highest BCUT2D eigenvalue weighted by molar-refractivity contribution is 5.64. The zero-order valence-corrected chi connectivity index (χ0v) is 11.0. The summed E-state index contributed by atoms with van der Waals surface area (Å²) >= 11 is 0. The number of rotatable bonds is 3. The van der Waals surface area contributed by atoms with Crippen LogP contribution in [0.4, 0.5) is 5.69 Å². The Balaban J connectivity index is 2.35. The van der Waals surface area contributed by atoms with Crippen LogP contribution in [0.5, 0.6) is 11.5 Å². The van der Waals surface area contributed by atoms with Crippen molar-refractivity contribution >= 4 is 5.69 Å². The summed E-state index contributed by atoms with van der Waals surface area (Å²) in [6.07, 6.45) is 3.86. The Hall–Kier alpha value is -1.38. The third-order valence-electron chi connectivity index (χ3n) is 3.39. The largest absolute Gasteiger partial charge is 0.496 e. The quantitative estimate of drug-likeness (QED) is 0.804. The lowest BCUT2D eigenvalue weighted by atomic mass is 10.1. The average molecular weight is 235 g/mol. The smallest absolute Gasteiger partial charge is 0.142 e. The Kier molecular flexibility index (Phi) is 3.77. The van der Waals surface area contributed by atoms with Gasteiger partial charge in [0.15, 0.2) is 0 Å². The molecule has 0 spiro atoms. The van der Waals surface area contributed by atoms with Gasteiger partial charge in [-0.25, -0.2) is 0 Å². The van der Waals surface area contributed by atoms with E-state index in [1.807, 2.05) is 6.92 Å². The van der Waals surface area contributed by atoms with Crippen molar-refractivity contribution < 1.29 is 9.47 Å². The van der Waals surface area contributed by atoms with Crippen LogP contribution in [-0.4, -0.2) is 27.3 Å². The molecule has 0 radical (unpaired) electrons. The second kappa shape index (κ2) is 5.30. The lowest BCUT2D eigenvalue weighted by Crippen LogP contribution is -2.29. The molecule has 1 aromatic rings. The van der Waals surface area contributed by atoms with E-state index in [-0.39, 0.29) is 0 Å². The number of piperidine rings is 1. The molecule has 0 N–H and O–H groups in total. The summed E-state index contributed by atoms with van der Waals surface area (Å²) in [5.74, 6) is 1.89. The summed E-state index contributed by atoms with van der Waals surface area (Å²) < 4.78 is 10.9. The molecule has 0 bridgehead atoms. The van der Waals surface area contributed by atoms with E-state index in [0.29, 0.717) is 0 Å². The molecule has 3 nitrogen and oxygen atoms in total. The first kappa shape index (κ1) is 12.1. The van der Waals surface area contributed by atoms with Crippen LogP contribution in [0.3, 0.4) is 0 Å². The highest BCUT2D eigenvalue weighted by Gasteiger charge is 2.17. The monoisotopic (exact) mass is 235 g/mol. The number of hydrogen-bond acceptors (Lipinski definition) is 3. The van der Waals surface area contributed by atoms with Gasteiger partial charge < -0.3 is 14.4 Å². The van der Waals surface area contributed by atoms with Gasteiger partial charge in [-0.15, -0.1) is 0 Å².